The Morgan fingerprint density at radius 1 is 1.00 bits per heavy atom. The monoisotopic (exact) mass is 470 g/mol. The normalized spacial score (nSPS) is 11.0. The van der Waals surface area contributed by atoms with E-state index in [0.717, 1.165) is 35.8 Å². The van der Waals surface area contributed by atoms with Crippen LogP contribution >= 0.6 is 11.5 Å². The maximum atomic E-state index is 14.3. The number of para-hydroxylation sites is 1. The summed E-state index contributed by atoms with van der Waals surface area (Å²) in [7, 11) is -4.01. The molecule has 1 N–H and O–H groups in total. The quantitative estimate of drug-likeness (QED) is 0.428. The number of nitrogens with one attached hydrogen (secondary N) is 1. The second-order valence-electron chi connectivity index (χ2n) is 6.34. The van der Waals surface area contributed by atoms with Crippen molar-refractivity contribution in [2.24, 2.45) is 0 Å². The lowest BCUT2D eigenvalue weighted by atomic mass is 10.0. The number of sulfonamides is 1. The average molecular weight is 470 g/mol. The van der Waals surface area contributed by atoms with Crippen molar-refractivity contribution in [1.29, 1.82) is 5.26 Å². The SMILES string of the molecule is N#Cc1cc(S(=O)(=O)Nc2ncns2)ccc1Oc1ccccc1-c1cc(F)ccc1F. The van der Waals surface area contributed by atoms with E-state index < -0.39 is 21.7 Å². The summed E-state index contributed by atoms with van der Waals surface area (Å²) in [5.41, 5.74) is 0.183. The molecule has 4 aromatic rings. The van der Waals surface area contributed by atoms with Crippen LogP contribution in [0.5, 0.6) is 11.5 Å². The Labute approximate surface area is 185 Å². The van der Waals surface area contributed by atoms with Crippen molar-refractivity contribution < 1.29 is 21.9 Å². The first-order valence-electron chi connectivity index (χ1n) is 8.93. The van der Waals surface area contributed by atoms with Gasteiger partial charge < -0.3 is 4.74 Å². The van der Waals surface area contributed by atoms with Gasteiger partial charge in [0, 0.05) is 22.7 Å². The molecular weight excluding hydrogens is 458 g/mol. The first-order valence-corrected chi connectivity index (χ1v) is 11.2. The van der Waals surface area contributed by atoms with Crippen molar-refractivity contribution in [2.75, 3.05) is 4.72 Å². The van der Waals surface area contributed by atoms with Crippen molar-refractivity contribution >= 4 is 26.7 Å². The molecule has 160 valence electrons. The number of aromatic nitrogens is 2. The third-order valence-electron chi connectivity index (χ3n) is 4.29. The van der Waals surface area contributed by atoms with Crippen LogP contribution in [0.2, 0.25) is 0 Å². The fraction of sp³-hybridized carbons (Fsp3) is 0. The van der Waals surface area contributed by atoms with Gasteiger partial charge in [0.1, 0.15) is 35.5 Å². The number of benzene rings is 3. The molecule has 4 rings (SSSR count). The summed E-state index contributed by atoms with van der Waals surface area (Å²) in [4.78, 5) is 3.59. The van der Waals surface area contributed by atoms with E-state index in [1.165, 1.54) is 24.5 Å². The Morgan fingerprint density at radius 2 is 1.81 bits per heavy atom. The van der Waals surface area contributed by atoms with Crippen molar-refractivity contribution in [1.82, 2.24) is 9.36 Å². The van der Waals surface area contributed by atoms with Crippen LogP contribution < -0.4 is 9.46 Å². The number of hydrogen-bond donors (Lipinski definition) is 1. The van der Waals surface area contributed by atoms with E-state index in [4.69, 9.17) is 4.74 Å². The van der Waals surface area contributed by atoms with Crippen molar-refractivity contribution in [2.45, 2.75) is 4.90 Å². The van der Waals surface area contributed by atoms with Crippen LogP contribution in [-0.4, -0.2) is 17.8 Å². The molecule has 0 saturated carbocycles. The molecule has 7 nitrogen and oxygen atoms in total. The largest absolute Gasteiger partial charge is 0.455 e. The van der Waals surface area contributed by atoms with Gasteiger partial charge >= 0.3 is 0 Å². The van der Waals surface area contributed by atoms with E-state index in [9.17, 15) is 22.5 Å². The average Bonchev–Trinajstić information content (AvgIpc) is 3.28. The van der Waals surface area contributed by atoms with E-state index in [1.807, 2.05) is 6.07 Å². The molecule has 1 aromatic heterocycles. The molecule has 0 amide bonds. The third-order valence-corrected chi connectivity index (χ3v) is 6.34. The van der Waals surface area contributed by atoms with Gasteiger partial charge in [0.15, 0.2) is 0 Å². The molecule has 1 heterocycles. The smallest absolute Gasteiger partial charge is 0.263 e. The highest BCUT2D eigenvalue weighted by molar-refractivity contribution is 7.93. The topological polar surface area (TPSA) is 105 Å². The predicted octanol–water partition coefficient (Wildman–Crippen LogP) is 4.95. The Balaban J connectivity index is 1.69. The number of ether oxygens (including phenoxy) is 1. The summed E-state index contributed by atoms with van der Waals surface area (Å²) in [6.45, 7) is 0. The highest BCUT2D eigenvalue weighted by Crippen LogP contribution is 2.36. The molecule has 32 heavy (non-hydrogen) atoms. The number of nitriles is 1. The molecule has 0 radical (unpaired) electrons. The number of nitrogens with zero attached hydrogens (tertiary/aromatic N) is 3. The number of rotatable bonds is 6. The van der Waals surface area contributed by atoms with Crippen LogP contribution in [-0.2, 0) is 10.0 Å². The van der Waals surface area contributed by atoms with Gasteiger partial charge in [0.05, 0.1) is 10.5 Å². The lowest BCUT2D eigenvalue weighted by Gasteiger charge is -2.14. The van der Waals surface area contributed by atoms with Gasteiger partial charge in [-0.1, -0.05) is 18.2 Å². The molecule has 11 heteroatoms. The molecule has 0 aliphatic heterocycles. The fourth-order valence-electron chi connectivity index (χ4n) is 2.85. The predicted molar refractivity (Wildman–Crippen MR) is 114 cm³/mol. The van der Waals surface area contributed by atoms with Crippen LogP contribution in [0.1, 0.15) is 5.56 Å². The Kier molecular flexibility index (Phi) is 5.81. The van der Waals surface area contributed by atoms with Crippen LogP contribution in [0.3, 0.4) is 0 Å². The van der Waals surface area contributed by atoms with Gasteiger partial charge in [0.25, 0.3) is 10.0 Å². The Bertz CT molecular complexity index is 1440. The molecule has 0 atom stereocenters. The van der Waals surface area contributed by atoms with E-state index in [-0.39, 0.29) is 38.2 Å². The molecular formula is C21H12F2N4O3S2. The summed E-state index contributed by atoms with van der Waals surface area (Å²) in [6.07, 6.45) is 1.21. The van der Waals surface area contributed by atoms with E-state index in [1.54, 1.807) is 18.2 Å². The van der Waals surface area contributed by atoms with E-state index in [0.29, 0.717) is 0 Å². The number of hydrogen-bond acceptors (Lipinski definition) is 7. The Morgan fingerprint density at radius 3 is 2.56 bits per heavy atom. The van der Waals surface area contributed by atoms with Gasteiger partial charge in [-0.3, -0.25) is 4.72 Å². The lowest BCUT2D eigenvalue weighted by molar-refractivity contribution is 0.481. The molecule has 0 fully saturated rings. The third kappa shape index (κ3) is 4.41. The van der Waals surface area contributed by atoms with Crippen LogP contribution in [0.15, 0.2) is 71.9 Å². The summed E-state index contributed by atoms with van der Waals surface area (Å²) in [5, 5.41) is 9.61. The maximum absolute atomic E-state index is 14.3. The molecule has 0 aliphatic rings. The van der Waals surface area contributed by atoms with Crippen LogP contribution in [0, 0.1) is 23.0 Å². The zero-order valence-corrected chi connectivity index (χ0v) is 17.6. The number of anilines is 1. The minimum Gasteiger partial charge on any atom is -0.455 e. The summed E-state index contributed by atoms with van der Waals surface area (Å²) >= 11 is 0.863. The zero-order chi connectivity index (χ0) is 22.7. The van der Waals surface area contributed by atoms with Crippen molar-refractivity contribution in [3.05, 3.63) is 84.2 Å². The van der Waals surface area contributed by atoms with Crippen LogP contribution in [0.25, 0.3) is 11.1 Å². The van der Waals surface area contributed by atoms with Crippen molar-refractivity contribution in [3.8, 4) is 28.7 Å². The lowest BCUT2D eigenvalue weighted by Crippen LogP contribution is -2.13. The fourth-order valence-corrected chi connectivity index (χ4v) is 4.53. The van der Waals surface area contributed by atoms with Crippen molar-refractivity contribution in [3.63, 3.8) is 0 Å². The highest BCUT2D eigenvalue weighted by atomic mass is 32.2. The summed E-state index contributed by atoms with van der Waals surface area (Å²) in [5.74, 6) is -1.05. The van der Waals surface area contributed by atoms with E-state index in [2.05, 4.69) is 14.1 Å². The molecule has 0 saturated heterocycles. The highest BCUT2D eigenvalue weighted by Gasteiger charge is 2.19. The molecule has 0 spiro atoms. The van der Waals surface area contributed by atoms with Gasteiger partial charge in [-0.05, 0) is 42.5 Å². The summed E-state index contributed by atoms with van der Waals surface area (Å²) in [6, 6.07) is 15.0. The standard InChI is InChI=1S/C21H12F2N4O3S2/c22-14-5-7-18(23)17(10-14)16-3-1-2-4-20(16)30-19-8-6-15(9-13(19)11-24)32(28,29)27-21-25-12-26-31-21/h1-10,12H,(H,25,26,27). The minimum absolute atomic E-state index is 0.0143. The zero-order valence-electron chi connectivity index (χ0n) is 16.0. The second kappa shape index (κ2) is 8.70. The van der Waals surface area contributed by atoms with Crippen LogP contribution in [0.4, 0.5) is 13.9 Å². The Hall–Kier alpha value is -3.88. The maximum Gasteiger partial charge on any atom is 0.263 e. The van der Waals surface area contributed by atoms with Gasteiger partial charge in [0.2, 0.25) is 5.13 Å². The molecule has 0 unspecified atom stereocenters. The second-order valence-corrected chi connectivity index (χ2v) is 8.81. The molecule has 3 aromatic carbocycles. The number of halogens is 2. The van der Waals surface area contributed by atoms with Gasteiger partial charge in [-0.2, -0.15) is 9.64 Å². The molecule has 0 bridgehead atoms. The van der Waals surface area contributed by atoms with E-state index >= 15 is 0 Å². The van der Waals surface area contributed by atoms with Gasteiger partial charge in [-0.25, -0.2) is 22.2 Å². The minimum atomic E-state index is -4.01. The first-order chi connectivity index (χ1) is 15.4. The first kappa shape index (κ1) is 21.4. The molecule has 0 aliphatic carbocycles. The van der Waals surface area contributed by atoms with Gasteiger partial charge in [-0.15, -0.1) is 0 Å². The summed E-state index contributed by atoms with van der Waals surface area (Å²) < 4.78 is 64.9.